The molecule has 19 heavy (non-hydrogen) atoms. The van der Waals surface area contributed by atoms with Crippen molar-refractivity contribution in [3.63, 3.8) is 0 Å². The summed E-state index contributed by atoms with van der Waals surface area (Å²) in [6.07, 6.45) is 0. The molecule has 0 fully saturated rings. The lowest BCUT2D eigenvalue weighted by Crippen LogP contribution is -2.18. The van der Waals surface area contributed by atoms with Crippen molar-refractivity contribution in [2.24, 2.45) is 0 Å². The summed E-state index contributed by atoms with van der Waals surface area (Å²) < 4.78 is 4.97. The van der Waals surface area contributed by atoms with Crippen molar-refractivity contribution in [2.75, 3.05) is 10.6 Å². The lowest BCUT2D eigenvalue weighted by molar-refractivity contribution is 1.20. The van der Waals surface area contributed by atoms with Crippen LogP contribution in [0.2, 0.25) is 0 Å². The van der Waals surface area contributed by atoms with E-state index in [1.807, 2.05) is 48.5 Å². The van der Waals surface area contributed by atoms with E-state index in [2.05, 4.69) is 20.2 Å². The predicted octanol–water partition coefficient (Wildman–Crippen LogP) is 3.50. The second kappa shape index (κ2) is 5.29. The van der Waals surface area contributed by atoms with Crippen LogP contribution in [0, 0.1) is 0 Å². The quantitative estimate of drug-likeness (QED) is 0.706. The van der Waals surface area contributed by atoms with E-state index in [0.717, 1.165) is 21.6 Å². The molecule has 6 heteroatoms. The van der Waals surface area contributed by atoms with Gasteiger partial charge >= 0.3 is 0 Å². The summed E-state index contributed by atoms with van der Waals surface area (Å²) in [6, 6.07) is 15.7. The normalized spacial score (nSPS) is 10.3. The summed E-state index contributed by atoms with van der Waals surface area (Å²) in [5.41, 5.74) is 2.72. The molecule has 3 aromatic rings. The zero-order valence-electron chi connectivity index (χ0n) is 9.83. The summed E-state index contributed by atoms with van der Waals surface area (Å²) >= 11 is 6.64. The van der Waals surface area contributed by atoms with Crippen LogP contribution in [0.25, 0.3) is 10.2 Å². The highest BCUT2D eigenvalue weighted by atomic mass is 32.1. The largest absolute Gasteiger partial charge is 0.332 e. The molecule has 1 aromatic heterocycles. The van der Waals surface area contributed by atoms with Gasteiger partial charge in [0.25, 0.3) is 0 Å². The minimum atomic E-state index is 0.550. The van der Waals surface area contributed by atoms with Crippen LogP contribution in [0.1, 0.15) is 0 Å². The number of nitrogens with zero attached hydrogens (tertiary/aromatic N) is 2. The van der Waals surface area contributed by atoms with Gasteiger partial charge in [-0.25, -0.2) is 0 Å². The van der Waals surface area contributed by atoms with Crippen molar-refractivity contribution >= 4 is 50.5 Å². The Kier molecular flexibility index (Phi) is 3.35. The third-order valence-corrected chi connectivity index (χ3v) is 3.45. The molecule has 0 atom stereocenters. The fourth-order valence-electron chi connectivity index (χ4n) is 1.67. The molecule has 0 aliphatic carbocycles. The van der Waals surface area contributed by atoms with Gasteiger partial charge in [-0.05, 0) is 54.1 Å². The first-order valence-electron chi connectivity index (χ1n) is 5.66. The van der Waals surface area contributed by atoms with Crippen molar-refractivity contribution in [3.05, 3.63) is 48.5 Å². The predicted molar refractivity (Wildman–Crippen MR) is 83.7 cm³/mol. The maximum atomic E-state index is 5.26. The zero-order chi connectivity index (χ0) is 13.1. The third kappa shape index (κ3) is 2.86. The van der Waals surface area contributed by atoms with Crippen molar-refractivity contribution in [1.82, 2.24) is 9.59 Å². The molecule has 4 nitrogen and oxygen atoms in total. The lowest BCUT2D eigenvalue weighted by atomic mass is 10.3. The Balaban J connectivity index is 1.72. The highest BCUT2D eigenvalue weighted by Gasteiger charge is 2.02. The standard InChI is InChI=1S/C13H10N4S2/c18-13(14-9-4-2-1-3-5-9)15-10-6-7-12-11(8-10)16-17-19-12/h1-8H,(H2,14,15,18). The van der Waals surface area contributed by atoms with Gasteiger partial charge < -0.3 is 10.6 Å². The number of benzene rings is 2. The van der Waals surface area contributed by atoms with Gasteiger partial charge in [0.2, 0.25) is 0 Å². The summed E-state index contributed by atoms with van der Waals surface area (Å²) in [5.74, 6) is 0. The van der Waals surface area contributed by atoms with Crippen LogP contribution in [0.15, 0.2) is 48.5 Å². The molecule has 0 amide bonds. The van der Waals surface area contributed by atoms with Crippen LogP contribution in [0.3, 0.4) is 0 Å². The van der Waals surface area contributed by atoms with E-state index in [9.17, 15) is 0 Å². The number of fused-ring (bicyclic) bond motifs is 1. The average Bonchev–Trinajstić information content (AvgIpc) is 2.87. The Hall–Kier alpha value is -2.05. The van der Waals surface area contributed by atoms with E-state index in [4.69, 9.17) is 12.2 Å². The molecule has 94 valence electrons. The van der Waals surface area contributed by atoms with Crippen LogP contribution in [0.4, 0.5) is 11.4 Å². The van der Waals surface area contributed by atoms with Crippen molar-refractivity contribution in [2.45, 2.75) is 0 Å². The molecular formula is C13H10N4S2. The van der Waals surface area contributed by atoms with Gasteiger partial charge in [0, 0.05) is 11.4 Å². The summed E-state index contributed by atoms with van der Waals surface area (Å²) in [5, 5.41) is 10.8. The van der Waals surface area contributed by atoms with Crippen LogP contribution in [-0.4, -0.2) is 14.7 Å². The third-order valence-electron chi connectivity index (χ3n) is 2.54. The number of nitrogens with one attached hydrogen (secondary N) is 2. The Labute approximate surface area is 119 Å². The van der Waals surface area contributed by atoms with Gasteiger partial charge in [0.05, 0.1) is 4.70 Å². The second-order valence-electron chi connectivity index (χ2n) is 3.90. The minimum Gasteiger partial charge on any atom is -0.332 e. The van der Waals surface area contributed by atoms with E-state index in [1.165, 1.54) is 11.5 Å². The first-order chi connectivity index (χ1) is 9.31. The average molecular weight is 286 g/mol. The Morgan fingerprint density at radius 3 is 2.63 bits per heavy atom. The fourth-order valence-corrected chi connectivity index (χ4v) is 2.45. The van der Waals surface area contributed by atoms with E-state index in [1.54, 1.807) is 0 Å². The van der Waals surface area contributed by atoms with Crippen LogP contribution in [0.5, 0.6) is 0 Å². The second-order valence-corrected chi connectivity index (χ2v) is 5.09. The van der Waals surface area contributed by atoms with Crippen LogP contribution < -0.4 is 10.6 Å². The Morgan fingerprint density at radius 1 is 1.00 bits per heavy atom. The van der Waals surface area contributed by atoms with Gasteiger partial charge in [-0.15, -0.1) is 5.10 Å². The molecule has 2 aromatic carbocycles. The number of para-hydroxylation sites is 1. The summed E-state index contributed by atoms with van der Waals surface area (Å²) in [4.78, 5) is 0. The van der Waals surface area contributed by atoms with Crippen molar-refractivity contribution in [1.29, 1.82) is 0 Å². The molecule has 0 saturated heterocycles. The van der Waals surface area contributed by atoms with E-state index in [0.29, 0.717) is 5.11 Å². The molecule has 0 aliphatic rings. The van der Waals surface area contributed by atoms with E-state index in [-0.39, 0.29) is 0 Å². The first-order valence-corrected chi connectivity index (χ1v) is 6.84. The number of hydrogen-bond acceptors (Lipinski definition) is 4. The minimum absolute atomic E-state index is 0.550. The number of aromatic nitrogens is 2. The Morgan fingerprint density at radius 2 is 1.79 bits per heavy atom. The molecule has 1 heterocycles. The topological polar surface area (TPSA) is 49.8 Å². The molecule has 0 spiro atoms. The van der Waals surface area contributed by atoms with Gasteiger partial charge in [-0.1, -0.05) is 22.7 Å². The molecule has 0 bridgehead atoms. The number of rotatable bonds is 2. The Bertz CT molecular complexity index is 709. The number of thiocarbonyl (C=S) groups is 1. The maximum absolute atomic E-state index is 5.26. The van der Waals surface area contributed by atoms with Crippen molar-refractivity contribution < 1.29 is 0 Å². The summed E-state index contributed by atoms with van der Waals surface area (Å²) in [7, 11) is 0. The highest BCUT2D eigenvalue weighted by Crippen LogP contribution is 2.19. The monoisotopic (exact) mass is 286 g/mol. The van der Waals surface area contributed by atoms with E-state index < -0.39 is 0 Å². The van der Waals surface area contributed by atoms with Gasteiger partial charge in [-0.3, -0.25) is 0 Å². The van der Waals surface area contributed by atoms with E-state index >= 15 is 0 Å². The SMILES string of the molecule is S=C(Nc1ccccc1)Nc1ccc2snnc2c1. The molecule has 0 unspecified atom stereocenters. The molecule has 0 radical (unpaired) electrons. The zero-order valence-corrected chi connectivity index (χ0v) is 11.5. The molecule has 3 rings (SSSR count). The van der Waals surface area contributed by atoms with Gasteiger partial charge in [-0.2, -0.15) is 0 Å². The highest BCUT2D eigenvalue weighted by molar-refractivity contribution is 7.80. The molecule has 0 aliphatic heterocycles. The molecule has 2 N–H and O–H groups in total. The first kappa shape index (κ1) is 12.0. The molecular weight excluding hydrogens is 276 g/mol. The number of anilines is 2. The maximum Gasteiger partial charge on any atom is 0.175 e. The van der Waals surface area contributed by atoms with Gasteiger partial charge in [0.15, 0.2) is 5.11 Å². The smallest absolute Gasteiger partial charge is 0.175 e. The van der Waals surface area contributed by atoms with Crippen LogP contribution in [-0.2, 0) is 0 Å². The van der Waals surface area contributed by atoms with Crippen LogP contribution >= 0.6 is 23.8 Å². The lowest BCUT2D eigenvalue weighted by Gasteiger charge is -2.10. The number of hydrogen-bond donors (Lipinski definition) is 2. The van der Waals surface area contributed by atoms with Crippen molar-refractivity contribution in [3.8, 4) is 0 Å². The fraction of sp³-hybridized carbons (Fsp3) is 0. The summed E-state index contributed by atoms with van der Waals surface area (Å²) in [6.45, 7) is 0. The van der Waals surface area contributed by atoms with Gasteiger partial charge in [0.1, 0.15) is 5.52 Å². The molecule has 0 saturated carbocycles.